The number of nitriles is 1. The van der Waals surface area contributed by atoms with Crippen LogP contribution in [0, 0.1) is 17.2 Å². The van der Waals surface area contributed by atoms with Crippen molar-refractivity contribution in [1.29, 1.82) is 5.26 Å². The second-order valence-electron chi connectivity index (χ2n) is 5.89. The topological polar surface area (TPSA) is 44.1 Å². The van der Waals surface area contributed by atoms with Crippen molar-refractivity contribution in [3.05, 3.63) is 29.8 Å². The van der Waals surface area contributed by atoms with Crippen molar-refractivity contribution in [2.75, 3.05) is 11.4 Å². The molecule has 0 spiro atoms. The Morgan fingerprint density at radius 2 is 2.21 bits per heavy atom. The first kappa shape index (κ1) is 13.6. The predicted octanol–water partition coefficient (Wildman–Crippen LogP) is 3.41. The molecule has 1 aromatic rings. The average Bonchev–Trinajstić information content (AvgIpc) is 2.37. The molecule has 1 aromatic carbocycles. The zero-order chi connectivity index (χ0) is 14.0. The number of nitrogens with zero attached hydrogens (tertiary/aromatic N) is 2. The molecular formula is C16H20N2O. The van der Waals surface area contributed by atoms with Crippen LogP contribution in [-0.4, -0.2) is 17.9 Å². The fourth-order valence-corrected chi connectivity index (χ4v) is 2.88. The number of anilines is 1. The lowest BCUT2D eigenvalue weighted by atomic mass is 9.83. The minimum Gasteiger partial charge on any atom is -0.366 e. The van der Waals surface area contributed by atoms with Crippen LogP contribution in [-0.2, 0) is 0 Å². The van der Waals surface area contributed by atoms with Gasteiger partial charge in [0.05, 0.1) is 12.0 Å². The van der Waals surface area contributed by atoms with Crippen LogP contribution in [0.2, 0.25) is 0 Å². The fourth-order valence-electron chi connectivity index (χ4n) is 2.88. The van der Waals surface area contributed by atoms with Gasteiger partial charge in [-0.2, -0.15) is 5.26 Å². The summed E-state index contributed by atoms with van der Waals surface area (Å²) < 4.78 is 0. The van der Waals surface area contributed by atoms with Crippen molar-refractivity contribution in [3.8, 4) is 6.07 Å². The van der Waals surface area contributed by atoms with Crippen molar-refractivity contribution in [2.45, 2.75) is 39.2 Å². The normalized spacial score (nSPS) is 21.8. The molecule has 0 saturated carbocycles. The molecule has 1 heterocycles. The molecule has 3 nitrogen and oxygen atoms in total. The van der Waals surface area contributed by atoms with Gasteiger partial charge in [0.15, 0.2) is 5.78 Å². The molecule has 2 rings (SSSR count). The van der Waals surface area contributed by atoms with E-state index in [-0.39, 0.29) is 17.2 Å². The Labute approximate surface area is 114 Å². The molecule has 1 aliphatic rings. The van der Waals surface area contributed by atoms with Crippen molar-refractivity contribution >= 4 is 11.5 Å². The number of rotatable bonds is 2. The Morgan fingerprint density at radius 1 is 1.47 bits per heavy atom. The third kappa shape index (κ3) is 2.78. The van der Waals surface area contributed by atoms with Gasteiger partial charge in [-0.25, -0.2) is 0 Å². The van der Waals surface area contributed by atoms with E-state index in [1.54, 1.807) is 6.92 Å². The number of benzene rings is 1. The van der Waals surface area contributed by atoms with Crippen LogP contribution in [0.5, 0.6) is 0 Å². The van der Waals surface area contributed by atoms with Crippen LogP contribution in [0.3, 0.4) is 0 Å². The van der Waals surface area contributed by atoms with Gasteiger partial charge in [0, 0.05) is 23.3 Å². The molecule has 0 N–H and O–H groups in total. The molecule has 1 aliphatic heterocycles. The van der Waals surface area contributed by atoms with Crippen molar-refractivity contribution in [3.63, 3.8) is 0 Å². The van der Waals surface area contributed by atoms with E-state index in [1.165, 1.54) is 0 Å². The fraction of sp³-hybridized carbons (Fsp3) is 0.500. The second-order valence-corrected chi connectivity index (χ2v) is 5.89. The van der Waals surface area contributed by atoms with Crippen molar-refractivity contribution < 1.29 is 4.79 Å². The molecular weight excluding hydrogens is 236 g/mol. The summed E-state index contributed by atoms with van der Waals surface area (Å²) in [6.07, 6.45) is 1.76. The van der Waals surface area contributed by atoms with E-state index in [2.05, 4.69) is 24.8 Å². The summed E-state index contributed by atoms with van der Waals surface area (Å²) in [6, 6.07) is 10.2. The number of carbonyl (C=O) groups is 1. The highest BCUT2D eigenvalue weighted by atomic mass is 16.1. The summed E-state index contributed by atoms with van der Waals surface area (Å²) in [6.45, 7) is 6.78. The van der Waals surface area contributed by atoms with E-state index < -0.39 is 0 Å². The first-order valence-electron chi connectivity index (χ1n) is 6.72. The molecule has 0 radical (unpaired) electrons. The summed E-state index contributed by atoms with van der Waals surface area (Å²) in [5.74, 6) is 0.230. The molecule has 0 amide bonds. The number of hydrogen-bond acceptors (Lipinski definition) is 3. The number of ketones is 1. The van der Waals surface area contributed by atoms with Crippen LogP contribution in [0.1, 0.15) is 44.0 Å². The summed E-state index contributed by atoms with van der Waals surface area (Å²) in [5.41, 5.74) is 1.78. The first-order valence-corrected chi connectivity index (χ1v) is 6.72. The van der Waals surface area contributed by atoms with Gasteiger partial charge >= 0.3 is 0 Å². The molecule has 3 heteroatoms. The number of Topliss-reactive ketones (excluding diaryl/α,β-unsaturated/α-hetero) is 1. The van der Waals surface area contributed by atoms with Crippen molar-refractivity contribution in [1.82, 2.24) is 0 Å². The van der Waals surface area contributed by atoms with E-state index in [9.17, 15) is 4.79 Å². The highest BCUT2D eigenvalue weighted by Crippen LogP contribution is 2.35. The number of carbonyl (C=O) groups excluding carboxylic acids is 1. The zero-order valence-corrected chi connectivity index (χ0v) is 11.8. The Hall–Kier alpha value is -1.82. The lowest BCUT2D eigenvalue weighted by molar-refractivity contribution is 0.101. The van der Waals surface area contributed by atoms with E-state index in [0.717, 1.165) is 30.6 Å². The van der Waals surface area contributed by atoms with Crippen LogP contribution in [0.15, 0.2) is 24.3 Å². The van der Waals surface area contributed by atoms with Gasteiger partial charge in [0.25, 0.3) is 0 Å². The highest BCUT2D eigenvalue weighted by molar-refractivity contribution is 5.95. The van der Waals surface area contributed by atoms with Crippen LogP contribution >= 0.6 is 0 Å². The van der Waals surface area contributed by atoms with E-state index in [4.69, 9.17) is 5.26 Å². The predicted molar refractivity (Wildman–Crippen MR) is 76.2 cm³/mol. The van der Waals surface area contributed by atoms with E-state index >= 15 is 0 Å². The molecule has 0 bridgehead atoms. The number of piperidine rings is 1. The van der Waals surface area contributed by atoms with Gasteiger partial charge < -0.3 is 4.90 Å². The Balaban J connectivity index is 2.29. The molecule has 1 unspecified atom stereocenters. The molecule has 19 heavy (non-hydrogen) atoms. The first-order chi connectivity index (χ1) is 8.94. The van der Waals surface area contributed by atoms with Gasteiger partial charge in [-0.3, -0.25) is 4.79 Å². The number of hydrogen-bond donors (Lipinski definition) is 0. The third-order valence-electron chi connectivity index (χ3n) is 3.92. The van der Waals surface area contributed by atoms with Gasteiger partial charge in [-0.05, 0) is 45.7 Å². The summed E-state index contributed by atoms with van der Waals surface area (Å²) in [4.78, 5) is 13.8. The highest BCUT2D eigenvalue weighted by Gasteiger charge is 2.34. The zero-order valence-electron chi connectivity index (χ0n) is 11.8. The Morgan fingerprint density at radius 3 is 2.79 bits per heavy atom. The maximum absolute atomic E-state index is 11.5. The summed E-state index contributed by atoms with van der Waals surface area (Å²) >= 11 is 0. The lowest BCUT2D eigenvalue weighted by Gasteiger charge is -2.45. The molecule has 1 fully saturated rings. The smallest absolute Gasteiger partial charge is 0.159 e. The molecule has 0 aromatic heterocycles. The summed E-state index contributed by atoms with van der Waals surface area (Å²) in [7, 11) is 0. The summed E-state index contributed by atoms with van der Waals surface area (Å²) in [5, 5.41) is 9.08. The molecule has 1 saturated heterocycles. The maximum atomic E-state index is 11.5. The monoisotopic (exact) mass is 256 g/mol. The van der Waals surface area contributed by atoms with Gasteiger partial charge in [0.2, 0.25) is 0 Å². The minimum absolute atomic E-state index is 0.0476. The van der Waals surface area contributed by atoms with Gasteiger partial charge in [-0.15, -0.1) is 0 Å². The van der Waals surface area contributed by atoms with Crippen LogP contribution in [0.25, 0.3) is 0 Å². The van der Waals surface area contributed by atoms with Crippen LogP contribution in [0.4, 0.5) is 5.69 Å². The van der Waals surface area contributed by atoms with E-state index in [0.29, 0.717) is 0 Å². The molecule has 100 valence electrons. The maximum Gasteiger partial charge on any atom is 0.159 e. The third-order valence-corrected chi connectivity index (χ3v) is 3.92. The van der Waals surface area contributed by atoms with Crippen molar-refractivity contribution in [2.24, 2.45) is 5.92 Å². The SMILES string of the molecule is CC(=O)c1cccc(N2CCC(C#N)CC2(C)C)c1. The minimum atomic E-state index is -0.0476. The second kappa shape index (κ2) is 5.05. The quantitative estimate of drug-likeness (QED) is 0.762. The molecule has 1 atom stereocenters. The Kier molecular flexibility index (Phi) is 3.61. The lowest BCUT2D eigenvalue weighted by Crippen LogP contribution is -2.50. The Bertz CT molecular complexity index is 528. The largest absolute Gasteiger partial charge is 0.366 e. The van der Waals surface area contributed by atoms with Crippen LogP contribution < -0.4 is 4.90 Å². The van der Waals surface area contributed by atoms with Gasteiger partial charge in [0.1, 0.15) is 0 Å². The van der Waals surface area contributed by atoms with E-state index in [1.807, 2.05) is 24.3 Å². The standard InChI is InChI=1S/C16H20N2O/c1-12(19)14-5-4-6-15(9-14)18-8-7-13(11-17)10-16(18,2)3/h4-6,9,13H,7-8,10H2,1-3H3. The molecule has 0 aliphatic carbocycles. The average molecular weight is 256 g/mol. The van der Waals surface area contributed by atoms with Gasteiger partial charge in [-0.1, -0.05) is 12.1 Å².